The van der Waals surface area contributed by atoms with Gasteiger partial charge in [-0.1, -0.05) is 0 Å². The van der Waals surface area contributed by atoms with Crippen molar-refractivity contribution in [2.75, 3.05) is 24.3 Å². The SMILES string of the molecule is COCc1nc(N)cc(N2CCn3ccnc3C2)n1. The lowest BCUT2D eigenvalue weighted by Crippen LogP contribution is -2.34. The first-order valence-electron chi connectivity index (χ1n) is 6.13. The van der Waals surface area contributed by atoms with E-state index in [2.05, 4.69) is 24.4 Å². The van der Waals surface area contributed by atoms with E-state index in [-0.39, 0.29) is 0 Å². The summed E-state index contributed by atoms with van der Waals surface area (Å²) in [7, 11) is 1.62. The second-order valence-electron chi connectivity index (χ2n) is 4.46. The van der Waals surface area contributed by atoms with Crippen molar-refractivity contribution in [1.82, 2.24) is 19.5 Å². The van der Waals surface area contributed by atoms with Crippen LogP contribution in [0.5, 0.6) is 0 Å². The smallest absolute Gasteiger partial charge is 0.158 e. The summed E-state index contributed by atoms with van der Waals surface area (Å²) in [6.45, 7) is 2.88. The third-order valence-corrected chi connectivity index (χ3v) is 3.12. The van der Waals surface area contributed by atoms with Gasteiger partial charge in [-0.15, -0.1) is 0 Å². The van der Waals surface area contributed by atoms with Crippen molar-refractivity contribution in [1.29, 1.82) is 0 Å². The number of hydrogen-bond donors (Lipinski definition) is 1. The average molecular weight is 260 g/mol. The Morgan fingerprint density at radius 2 is 2.26 bits per heavy atom. The summed E-state index contributed by atoms with van der Waals surface area (Å²) in [5.74, 6) is 2.93. The van der Waals surface area contributed by atoms with Crippen LogP contribution in [0.25, 0.3) is 0 Å². The molecule has 0 aliphatic carbocycles. The number of rotatable bonds is 3. The minimum absolute atomic E-state index is 0.362. The third-order valence-electron chi connectivity index (χ3n) is 3.12. The molecule has 7 heteroatoms. The van der Waals surface area contributed by atoms with Gasteiger partial charge in [0.25, 0.3) is 0 Å². The molecule has 0 atom stereocenters. The molecule has 100 valence electrons. The first kappa shape index (κ1) is 11.9. The first-order valence-corrected chi connectivity index (χ1v) is 6.13. The van der Waals surface area contributed by atoms with E-state index >= 15 is 0 Å². The molecule has 1 aliphatic rings. The van der Waals surface area contributed by atoms with Crippen molar-refractivity contribution in [3.63, 3.8) is 0 Å². The molecule has 7 nitrogen and oxygen atoms in total. The Labute approximate surface area is 111 Å². The number of nitrogens with two attached hydrogens (primary N) is 1. The van der Waals surface area contributed by atoms with Crippen LogP contribution in [-0.2, 0) is 24.4 Å². The molecule has 0 saturated carbocycles. The van der Waals surface area contributed by atoms with Crippen LogP contribution in [0.1, 0.15) is 11.6 Å². The summed E-state index contributed by atoms with van der Waals surface area (Å²) in [6.07, 6.45) is 3.82. The molecule has 2 N–H and O–H groups in total. The van der Waals surface area contributed by atoms with Crippen LogP contribution in [0, 0.1) is 0 Å². The Morgan fingerprint density at radius 1 is 1.37 bits per heavy atom. The topological polar surface area (TPSA) is 82.1 Å². The lowest BCUT2D eigenvalue weighted by atomic mass is 10.3. The van der Waals surface area contributed by atoms with Crippen LogP contribution in [-0.4, -0.2) is 33.2 Å². The standard InChI is InChI=1S/C12H16N6O/c1-19-8-10-15-9(13)6-11(16-10)18-5-4-17-3-2-14-12(17)7-18/h2-3,6H,4-5,7-8H2,1H3,(H2,13,15,16). The Hall–Kier alpha value is -2.15. The molecule has 2 aromatic rings. The van der Waals surface area contributed by atoms with E-state index in [1.54, 1.807) is 13.2 Å². The number of ether oxygens (including phenoxy) is 1. The highest BCUT2D eigenvalue weighted by Gasteiger charge is 2.18. The van der Waals surface area contributed by atoms with Crippen LogP contribution in [0.15, 0.2) is 18.5 Å². The number of imidazole rings is 1. The molecule has 3 rings (SSSR count). The van der Waals surface area contributed by atoms with E-state index in [1.807, 2.05) is 12.4 Å². The van der Waals surface area contributed by atoms with Crippen LogP contribution < -0.4 is 10.6 Å². The molecule has 19 heavy (non-hydrogen) atoms. The van der Waals surface area contributed by atoms with Gasteiger partial charge in [0.15, 0.2) is 5.82 Å². The number of hydrogen-bond acceptors (Lipinski definition) is 6. The zero-order valence-electron chi connectivity index (χ0n) is 10.8. The van der Waals surface area contributed by atoms with E-state index in [0.29, 0.717) is 18.2 Å². The summed E-state index contributed by atoms with van der Waals surface area (Å²) in [6, 6.07) is 1.79. The maximum atomic E-state index is 5.82. The predicted octanol–water partition coefficient (Wildman–Crippen LogP) is 0.422. The van der Waals surface area contributed by atoms with Crippen molar-refractivity contribution in [3.05, 3.63) is 30.1 Å². The average Bonchev–Trinajstić information content (AvgIpc) is 2.85. The molecule has 0 amide bonds. The first-order chi connectivity index (χ1) is 9.26. The normalized spacial score (nSPS) is 14.5. The number of fused-ring (bicyclic) bond motifs is 1. The fourth-order valence-corrected chi connectivity index (χ4v) is 2.23. The van der Waals surface area contributed by atoms with Gasteiger partial charge in [-0.3, -0.25) is 0 Å². The largest absolute Gasteiger partial charge is 0.384 e. The molecule has 2 aromatic heterocycles. The quantitative estimate of drug-likeness (QED) is 0.861. The van der Waals surface area contributed by atoms with E-state index in [9.17, 15) is 0 Å². The van der Waals surface area contributed by atoms with Crippen molar-refractivity contribution < 1.29 is 4.74 Å². The highest BCUT2D eigenvalue weighted by atomic mass is 16.5. The Morgan fingerprint density at radius 3 is 3.11 bits per heavy atom. The molecule has 0 aromatic carbocycles. The lowest BCUT2D eigenvalue weighted by Gasteiger charge is -2.28. The second-order valence-corrected chi connectivity index (χ2v) is 4.46. The maximum Gasteiger partial charge on any atom is 0.158 e. The second kappa shape index (κ2) is 4.85. The van der Waals surface area contributed by atoms with Gasteiger partial charge in [-0.2, -0.15) is 0 Å². The van der Waals surface area contributed by atoms with Gasteiger partial charge in [0.2, 0.25) is 0 Å². The van der Waals surface area contributed by atoms with E-state index in [4.69, 9.17) is 10.5 Å². The summed E-state index contributed by atoms with van der Waals surface area (Å²) < 4.78 is 7.20. The summed E-state index contributed by atoms with van der Waals surface area (Å²) in [5.41, 5.74) is 5.82. The van der Waals surface area contributed by atoms with Gasteiger partial charge >= 0.3 is 0 Å². The van der Waals surface area contributed by atoms with Gasteiger partial charge in [0, 0.05) is 38.7 Å². The molecule has 0 spiro atoms. The Kier molecular flexibility index (Phi) is 3.04. The van der Waals surface area contributed by atoms with E-state index in [0.717, 1.165) is 31.3 Å². The van der Waals surface area contributed by atoms with E-state index in [1.165, 1.54) is 0 Å². The molecule has 0 unspecified atom stereocenters. The maximum absolute atomic E-state index is 5.82. The molecule has 1 aliphatic heterocycles. The van der Waals surface area contributed by atoms with Gasteiger partial charge in [-0.25, -0.2) is 15.0 Å². The van der Waals surface area contributed by atoms with Crippen LogP contribution in [0.4, 0.5) is 11.6 Å². The van der Waals surface area contributed by atoms with Crippen LogP contribution >= 0.6 is 0 Å². The van der Waals surface area contributed by atoms with Crippen molar-refractivity contribution in [2.45, 2.75) is 19.7 Å². The number of nitrogens with zero attached hydrogens (tertiary/aromatic N) is 5. The Balaban J connectivity index is 1.87. The fourth-order valence-electron chi connectivity index (χ4n) is 2.23. The van der Waals surface area contributed by atoms with Gasteiger partial charge in [0.05, 0.1) is 6.54 Å². The molecular formula is C12H16N6O. The fraction of sp³-hybridized carbons (Fsp3) is 0.417. The minimum atomic E-state index is 0.362. The van der Waals surface area contributed by atoms with Crippen molar-refractivity contribution in [3.8, 4) is 0 Å². The highest BCUT2D eigenvalue weighted by molar-refractivity contribution is 5.47. The molecule has 0 saturated heterocycles. The molecule has 0 radical (unpaired) electrons. The number of aromatic nitrogens is 4. The van der Waals surface area contributed by atoms with Crippen LogP contribution in [0.2, 0.25) is 0 Å². The lowest BCUT2D eigenvalue weighted by molar-refractivity contribution is 0.178. The zero-order chi connectivity index (χ0) is 13.2. The number of anilines is 2. The number of methoxy groups -OCH3 is 1. The van der Waals surface area contributed by atoms with E-state index < -0.39 is 0 Å². The summed E-state index contributed by atoms with van der Waals surface area (Å²) >= 11 is 0. The van der Waals surface area contributed by atoms with Gasteiger partial charge in [0.1, 0.15) is 24.1 Å². The Bertz CT molecular complexity index is 581. The van der Waals surface area contributed by atoms with Crippen molar-refractivity contribution in [2.24, 2.45) is 0 Å². The molecular weight excluding hydrogens is 244 g/mol. The van der Waals surface area contributed by atoms with Crippen LogP contribution in [0.3, 0.4) is 0 Å². The molecule has 0 bridgehead atoms. The summed E-state index contributed by atoms with van der Waals surface area (Å²) in [4.78, 5) is 15.1. The van der Waals surface area contributed by atoms with Crippen molar-refractivity contribution >= 4 is 11.6 Å². The van der Waals surface area contributed by atoms with Gasteiger partial charge < -0.3 is 19.9 Å². The zero-order valence-corrected chi connectivity index (χ0v) is 10.8. The highest BCUT2D eigenvalue weighted by Crippen LogP contribution is 2.20. The number of nitrogen functional groups attached to an aromatic ring is 1. The molecule has 3 heterocycles. The third kappa shape index (κ3) is 2.37. The predicted molar refractivity (Wildman–Crippen MR) is 70.4 cm³/mol. The molecule has 0 fully saturated rings. The van der Waals surface area contributed by atoms with Gasteiger partial charge in [-0.05, 0) is 0 Å². The monoisotopic (exact) mass is 260 g/mol. The minimum Gasteiger partial charge on any atom is -0.384 e. The summed E-state index contributed by atoms with van der Waals surface area (Å²) in [5, 5.41) is 0.